The zero-order chi connectivity index (χ0) is 9.68. The molecule has 0 bridgehead atoms. The Balaban J connectivity index is 2.33. The van der Waals surface area contributed by atoms with Gasteiger partial charge >= 0.3 is 5.97 Å². The number of esters is 1. The average molecular weight is 185 g/mol. The first-order chi connectivity index (χ1) is 6.22. The fourth-order valence-corrected chi connectivity index (χ4v) is 1.35. The predicted octanol–water partition coefficient (Wildman–Crippen LogP) is 0.0703. The number of cyclic esters (lactones) is 1. The second-order valence-electron chi connectivity index (χ2n) is 3.38. The highest BCUT2D eigenvalue weighted by Gasteiger charge is 2.16. The third kappa shape index (κ3) is 3.55. The highest BCUT2D eigenvalue weighted by molar-refractivity contribution is 5.69. The van der Waals surface area contributed by atoms with Crippen LogP contribution in [0.1, 0.15) is 13.3 Å². The molecule has 0 aromatic rings. The number of hydrogen-bond donors (Lipinski definition) is 0. The van der Waals surface area contributed by atoms with E-state index in [4.69, 9.17) is 4.74 Å². The first-order valence-corrected chi connectivity index (χ1v) is 4.55. The van der Waals surface area contributed by atoms with Gasteiger partial charge in [0.25, 0.3) is 0 Å². The van der Waals surface area contributed by atoms with Gasteiger partial charge in [-0.2, -0.15) is 0 Å². The number of nitrogens with zero attached hydrogens (tertiary/aromatic N) is 1. The maximum atomic E-state index is 10.9. The van der Waals surface area contributed by atoms with Crippen LogP contribution < -0.4 is 0 Å². The first kappa shape index (κ1) is 10.2. The van der Waals surface area contributed by atoms with Crippen LogP contribution in [0.3, 0.4) is 0 Å². The molecule has 0 spiro atoms. The number of carbonyl (C=O) groups is 2. The molecule has 4 heteroatoms. The van der Waals surface area contributed by atoms with Gasteiger partial charge in [-0.1, -0.05) is 6.92 Å². The number of ether oxygens (including phenoxy) is 1. The summed E-state index contributed by atoms with van der Waals surface area (Å²) in [4.78, 5) is 23.4. The van der Waals surface area contributed by atoms with Gasteiger partial charge in [-0.25, -0.2) is 0 Å². The van der Waals surface area contributed by atoms with Gasteiger partial charge in [0.2, 0.25) is 0 Å². The van der Waals surface area contributed by atoms with E-state index >= 15 is 0 Å². The number of carbonyl (C=O) groups excluding carboxylic acids is 2. The van der Waals surface area contributed by atoms with E-state index in [9.17, 15) is 9.59 Å². The van der Waals surface area contributed by atoms with E-state index in [1.807, 2.05) is 6.92 Å². The zero-order valence-corrected chi connectivity index (χ0v) is 7.86. The standard InChI is InChI=1S/C9H15NO3/c1-8(7-11)6-10-3-2-9(12)13-5-4-10/h7-8H,2-6H2,1H3. The van der Waals surface area contributed by atoms with Gasteiger partial charge in [0, 0.05) is 25.6 Å². The number of rotatable bonds is 3. The molecule has 1 aliphatic heterocycles. The Hall–Kier alpha value is -0.900. The lowest BCUT2D eigenvalue weighted by Crippen LogP contribution is -2.31. The summed E-state index contributed by atoms with van der Waals surface area (Å²) in [6.45, 7) is 4.49. The van der Waals surface area contributed by atoms with Gasteiger partial charge in [0.05, 0.1) is 6.42 Å². The Morgan fingerprint density at radius 3 is 3.08 bits per heavy atom. The van der Waals surface area contributed by atoms with E-state index in [2.05, 4.69) is 4.90 Å². The van der Waals surface area contributed by atoms with Crippen molar-refractivity contribution in [1.82, 2.24) is 4.90 Å². The molecule has 0 saturated carbocycles. The Morgan fingerprint density at radius 1 is 1.62 bits per heavy atom. The summed E-state index contributed by atoms with van der Waals surface area (Å²) in [5.74, 6) is -0.102. The van der Waals surface area contributed by atoms with Crippen molar-refractivity contribution < 1.29 is 14.3 Å². The molecule has 1 saturated heterocycles. The Morgan fingerprint density at radius 2 is 2.38 bits per heavy atom. The molecule has 1 unspecified atom stereocenters. The van der Waals surface area contributed by atoms with Crippen molar-refractivity contribution in [3.63, 3.8) is 0 Å². The van der Waals surface area contributed by atoms with Crippen molar-refractivity contribution in [3.8, 4) is 0 Å². The third-order valence-corrected chi connectivity index (χ3v) is 2.08. The summed E-state index contributed by atoms with van der Waals surface area (Å²) in [5, 5.41) is 0. The summed E-state index contributed by atoms with van der Waals surface area (Å²) in [6.07, 6.45) is 1.37. The van der Waals surface area contributed by atoms with Crippen LogP contribution in [0.2, 0.25) is 0 Å². The molecule has 0 aliphatic carbocycles. The minimum atomic E-state index is -0.138. The molecule has 4 nitrogen and oxygen atoms in total. The fourth-order valence-electron chi connectivity index (χ4n) is 1.35. The van der Waals surface area contributed by atoms with Crippen LogP contribution in [-0.4, -0.2) is 43.4 Å². The molecule has 1 heterocycles. The second-order valence-corrected chi connectivity index (χ2v) is 3.38. The van der Waals surface area contributed by atoms with Crippen LogP contribution in [0.15, 0.2) is 0 Å². The molecule has 1 rings (SSSR count). The minimum absolute atomic E-state index is 0.0354. The zero-order valence-electron chi connectivity index (χ0n) is 7.86. The van der Waals surface area contributed by atoms with Crippen molar-refractivity contribution in [3.05, 3.63) is 0 Å². The van der Waals surface area contributed by atoms with Gasteiger partial charge in [-0.3, -0.25) is 9.69 Å². The normalized spacial score (nSPS) is 21.8. The molecule has 74 valence electrons. The summed E-state index contributed by atoms with van der Waals surface area (Å²) in [6, 6.07) is 0. The lowest BCUT2D eigenvalue weighted by atomic mass is 10.2. The molecule has 0 N–H and O–H groups in total. The molecular weight excluding hydrogens is 170 g/mol. The summed E-state index contributed by atoms with van der Waals surface area (Å²) in [5.41, 5.74) is 0. The number of aldehydes is 1. The molecule has 0 aromatic carbocycles. The van der Waals surface area contributed by atoms with Gasteiger partial charge in [-0.05, 0) is 0 Å². The second kappa shape index (κ2) is 4.97. The Bertz CT molecular complexity index is 193. The summed E-state index contributed by atoms with van der Waals surface area (Å²) in [7, 11) is 0. The summed E-state index contributed by atoms with van der Waals surface area (Å²) < 4.78 is 4.88. The third-order valence-electron chi connectivity index (χ3n) is 2.08. The van der Waals surface area contributed by atoms with E-state index in [0.29, 0.717) is 19.6 Å². The molecular formula is C9H15NO3. The SMILES string of the molecule is CC(C=O)CN1CCOC(=O)CC1. The van der Waals surface area contributed by atoms with Crippen LogP contribution in [0.4, 0.5) is 0 Å². The first-order valence-electron chi connectivity index (χ1n) is 4.55. The minimum Gasteiger partial charge on any atom is -0.464 e. The molecule has 0 aromatic heterocycles. The highest BCUT2D eigenvalue weighted by Crippen LogP contribution is 2.03. The molecule has 0 radical (unpaired) electrons. The maximum absolute atomic E-state index is 10.9. The largest absolute Gasteiger partial charge is 0.464 e. The monoisotopic (exact) mass is 185 g/mol. The van der Waals surface area contributed by atoms with Crippen molar-refractivity contribution in [1.29, 1.82) is 0 Å². The van der Waals surface area contributed by atoms with Crippen LogP contribution in [0.25, 0.3) is 0 Å². The van der Waals surface area contributed by atoms with Crippen molar-refractivity contribution in [2.45, 2.75) is 13.3 Å². The van der Waals surface area contributed by atoms with Crippen LogP contribution in [0, 0.1) is 5.92 Å². The van der Waals surface area contributed by atoms with Gasteiger partial charge in [0.15, 0.2) is 0 Å². The molecule has 1 atom stereocenters. The van der Waals surface area contributed by atoms with E-state index in [0.717, 1.165) is 19.4 Å². The average Bonchev–Trinajstić information content (AvgIpc) is 2.31. The van der Waals surface area contributed by atoms with Crippen molar-refractivity contribution in [2.24, 2.45) is 5.92 Å². The van der Waals surface area contributed by atoms with Gasteiger partial charge in [-0.15, -0.1) is 0 Å². The quantitative estimate of drug-likeness (QED) is 0.461. The molecule has 1 aliphatic rings. The van der Waals surface area contributed by atoms with Crippen molar-refractivity contribution >= 4 is 12.3 Å². The van der Waals surface area contributed by atoms with Gasteiger partial charge < -0.3 is 9.53 Å². The van der Waals surface area contributed by atoms with Crippen LogP contribution in [0.5, 0.6) is 0 Å². The Labute approximate surface area is 77.8 Å². The van der Waals surface area contributed by atoms with E-state index in [-0.39, 0.29) is 11.9 Å². The lowest BCUT2D eigenvalue weighted by Gasteiger charge is -2.19. The lowest BCUT2D eigenvalue weighted by molar-refractivity contribution is -0.142. The number of hydrogen-bond acceptors (Lipinski definition) is 4. The predicted molar refractivity (Wildman–Crippen MR) is 47.2 cm³/mol. The Kier molecular flexibility index (Phi) is 3.89. The van der Waals surface area contributed by atoms with E-state index in [1.54, 1.807) is 0 Å². The van der Waals surface area contributed by atoms with Crippen LogP contribution >= 0.6 is 0 Å². The van der Waals surface area contributed by atoms with Crippen molar-refractivity contribution in [2.75, 3.05) is 26.2 Å². The fraction of sp³-hybridized carbons (Fsp3) is 0.778. The van der Waals surface area contributed by atoms with Crippen LogP contribution in [-0.2, 0) is 14.3 Å². The topological polar surface area (TPSA) is 46.6 Å². The van der Waals surface area contributed by atoms with E-state index in [1.165, 1.54) is 0 Å². The molecule has 13 heavy (non-hydrogen) atoms. The maximum Gasteiger partial charge on any atom is 0.307 e. The van der Waals surface area contributed by atoms with E-state index < -0.39 is 0 Å². The molecule has 0 amide bonds. The highest BCUT2D eigenvalue weighted by atomic mass is 16.5. The smallest absolute Gasteiger partial charge is 0.307 e. The summed E-state index contributed by atoms with van der Waals surface area (Å²) >= 11 is 0. The molecule has 1 fully saturated rings. The van der Waals surface area contributed by atoms with Gasteiger partial charge in [0.1, 0.15) is 12.9 Å².